The molecule has 0 unspecified atom stereocenters. The molecule has 26 heavy (non-hydrogen) atoms. The molecule has 0 saturated heterocycles. The molecule has 0 radical (unpaired) electrons. The van der Waals surface area contributed by atoms with Gasteiger partial charge < -0.3 is 10.1 Å². The minimum absolute atomic E-state index is 0.0157. The summed E-state index contributed by atoms with van der Waals surface area (Å²) in [5.41, 5.74) is 1.40. The summed E-state index contributed by atoms with van der Waals surface area (Å²) in [6.07, 6.45) is 0. The van der Waals surface area contributed by atoms with Crippen molar-refractivity contribution in [1.29, 1.82) is 0 Å². The van der Waals surface area contributed by atoms with E-state index in [1.165, 1.54) is 29.5 Å². The number of hydrogen-bond acceptors (Lipinski definition) is 5. The first-order chi connectivity index (χ1) is 12.3. The van der Waals surface area contributed by atoms with Crippen molar-refractivity contribution in [3.63, 3.8) is 0 Å². The van der Waals surface area contributed by atoms with Crippen molar-refractivity contribution < 1.29 is 18.7 Å². The molecule has 2 rings (SSSR count). The SMILES string of the molecule is CCOC(=O)c1c(C(C)C)csc1NC(=S)NC(=O)c1cccc(F)c1. The van der Waals surface area contributed by atoms with Gasteiger partial charge in [0.1, 0.15) is 10.8 Å². The van der Waals surface area contributed by atoms with Gasteiger partial charge in [0.05, 0.1) is 12.2 Å². The van der Waals surface area contributed by atoms with Crippen molar-refractivity contribution >= 4 is 45.5 Å². The van der Waals surface area contributed by atoms with Gasteiger partial charge in [-0.15, -0.1) is 11.3 Å². The Morgan fingerprint density at radius 1 is 1.35 bits per heavy atom. The highest BCUT2D eigenvalue weighted by Gasteiger charge is 2.23. The molecule has 1 amide bonds. The number of benzene rings is 1. The normalized spacial score (nSPS) is 10.5. The highest BCUT2D eigenvalue weighted by atomic mass is 32.1. The smallest absolute Gasteiger partial charge is 0.341 e. The third-order valence-corrected chi connectivity index (χ3v) is 4.58. The summed E-state index contributed by atoms with van der Waals surface area (Å²) in [6.45, 7) is 5.93. The zero-order chi connectivity index (χ0) is 19.3. The maximum absolute atomic E-state index is 13.2. The summed E-state index contributed by atoms with van der Waals surface area (Å²) in [5, 5.41) is 7.71. The van der Waals surface area contributed by atoms with Gasteiger partial charge in [0.15, 0.2) is 5.11 Å². The van der Waals surface area contributed by atoms with E-state index < -0.39 is 17.7 Å². The van der Waals surface area contributed by atoms with Crippen LogP contribution >= 0.6 is 23.6 Å². The first-order valence-corrected chi connectivity index (χ1v) is 9.28. The van der Waals surface area contributed by atoms with Crippen LogP contribution < -0.4 is 10.6 Å². The van der Waals surface area contributed by atoms with Crippen LogP contribution in [0.1, 0.15) is 53.0 Å². The molecule has 0 aliphatic heterocycles. The van der Waals surface area contributed by atoms with Crippen molar-refractivity contribution in [2.75, 3.05) is 11.9 Å². The number of amides is 1. The van der Waals surface area contributed by atoms with E-state index in [0.29, 0.717) is 10.6 Å². The van der Waals surface area contributed by atoms with Crippen molar-refractivity contribution in [3.05, 3.63) is 52.2 Å². The predicted octanol–water partition coefficient (Wildman–Crippen LogP) is 4.31. The number of thiocarbonyl (C=S) groups is 1. The Balaban J connectivity index is 2.16. The number of thiophene rings is 1. The monoisotopic (exact) mass is 394 g/mol. The van der Waals surface area contributed by atoms with Gasteiger partial charge in [0.2, 0.25) is 0 Å². The summed E-state index contributed by atoms with van der Waals surface area (Å²) in [5.74, 6) is -1.38. The Morgan fingerprint density at radius 3 is 2.69 bits per heavy atom. The maximum Gasteiger partial charge on any atom is 0.341 e. The predicted molar refractivity (Wildman–Crippen MR) is 104 cm³/mol. The molecule has 0 bridgehead atoms. The molecule has 0 aliphatic carbocycles. The summed E-state index contributed by atoms with van der Waals surface area (Å²) >= 11 is 6.45. The second kappa shape index (κ2) is 8.86. The molecule has 0 spiro atoms. The average Bonchev–Trinajstić information content (AvgIpc) is 2.98. The van der Waals surface area contributed by atoms with E-state index in [4.69, 9.17) is 17.0 Å². The van der Waals surface area contributed by atoms with Gasteiger partial charge in [-0.3, -0.25) is 10.1 Å². The molecule has 0 saturated carbocycles. The van der Waals surface area contributed by atoms with Crippen molar-refractivity contribution in [2.24, 2.45) is 0 Å². The Bertz CT molecular complexity index is 834. The minimum Gasteiger partial charge on any atom is -0.462 e. The lowest BCUT2D eigenvalue weighted by atomic mass is 10.0. The highest BCUT2D eigenvalue weighted by molar-refractivity contribution is 7.80. The molecule has 1 heterocycles. The van der Waals surface area contributed by atoms with Gasteiger partial charge in [-0.2, -0.15) is 0 Å². The van der Waals surface area contributed by atoms with E-state index in [0.717, 1.165) is 11.6 Å². The molecule has 1 aromatic carbocycles. The fourth-order valence-electron chi connectivity index (χ4n) is 2.24. The first kappa shape index (κ1) is 20.0. The molecule has 0 fully saturated rings. The van der Waals surface area contributed by atoms with Crippen LogP contribution in [0.15, 0.2) is 29.6 Å². The summed E-state index contributed by atoms with van der Waals surface area (Å²) < 4.78 is 18.3. The topological polar surface area (TPSA) is 67.4 Å². The lowest BCUT2D eigenvalue weighted by Crippen LogP contribution is -2.34. The van der Waals surface area contributed by atoms with Crippen LogP contribution in [0, 0.1) is 5.82 Å². The van der Waals surface area contributed by atoms with Crippen LogP contribution in [-0.2, 0) is 4.74 Å². The fraction of sp³-hybridized carbons (Fsp3) is 0.278. The van der Waals surface area contributed by atoms with E-state index >= 15 is 0 Å². The van der Waals surface area contributed by atoms with E-state index in [1.807, 2.05) is 19.2 Å². The number of halogens is 1. The molecule has 8 heteroatoms. The lowest BCUT2D eigenvalue weighted by molar-refractivity contribution is 0.0526. The highest BCUT2D eigenvalue weighted by Crippen LogP contribution is 2.33. The fourth-order valence-corrected chi connectivity index (χ4v) is 3.62. The largest absolute Gasteiger partial charge is 0.462 e. The van der Waals surface area contributed by atoms with Gasteiger partial charge >= 0.3 is 5.97 Å². The van der Waals surface area contributed by atoms with Crippen molar-refractivity contribution in [2.45, 2.75) is 26.7 Å². The zero-order valence-corrected chi connectivity index (χ0v) is 16.2. The molecule has 138 valence electrons. The van der Waals surface area contributed by atoms with Gasteiger partial charge in [0, 0.05) is 5.56 Å². The van der Waals surface area contributed by atoms with E-state index in [2.05, 4.69) is 10.6 Å². The number of ether oxygens (including phenoxy) is 1. The Morgan fingerprint density at radius 2 is 2.08 bits per heavy atom. The number of rotatable bonds is 5. The number of carbonyl (C=O) groups is 2. The lowest BCUT2D eigenvalue weighted by Gasteiger charge is -2.12. The van der Waals surface area contributed by atoms with Gasteiger partial charge in [-0.25, -0.2) is 9.18 Å². The number of hydrogen-bond donors (Lipinski definition) is 2. The minimum atomic E-state index is -0.541. The third-order valence-electron chi connectivity index (χ3n) is 3.46. The second-order valence-electron chi connectivity index (χ2n) is 5.69. The Kier molecular flexibility index (Phi) is 6.82. The standard InChI is InChI=1S/C18H19FN2O3S2/c1-4-24-17(23)14-13(10(2)3)9-26-16(14)21-18(25)20-15(22)11-6-5-7-12(19)8-11/h5-10H,4H2,1-3H3,(H2,20,21,22,25). The Labute approximate surface area is 160 Å². The molecular weight excluding hydrogens is 375 g/mol. The number of nitrogens with one attached hydrogen (secondary N) is 2. The summed E-state index contributed by atoms with van der Waals surface area (Å²) in [6, 6.07) is 5.28. The van der Waals surface area contributed by atoms with Crippen LogP contribution in [-0.4, -0.2) is 23.6 Å². The van der Waals surface area contributed by atoms with Gasteiger partial charge in [-0.1, -0.05) is 19.9 Å². The molecular formula is C18H19FN2O3S2. The maximum atomic E-state index is 13.2. The number of anilines is 1. The molecule has 0 atom stereocenters. The molecule has 2 N–H and O–H groups in total. The quantitative estimate of drug-likeness (QED) is 0.584. The van der Waals surface area contributed by atoms with E-state index in [1.54, 1.807) is 6.92 Å². The van der Waals surface area contributed by atoms with Crippen LogP contribution in [0.2, 0.25) is 0 Å². The second-order valence-corrected chi connectivity index (χ2v) is 6.98. The average molecular weight is 394 g/mol. The van der Waals surface area contributed by atoms with Gasteiger partial charge in [0.25, 0.3) is 5.91 Å². The van der Waals surface area contributed by atoms with Gasteiger partial charge in [-0.05, 0) is 54.2 Å². The molecule has 1 aromatic heterocycles. The number of carbonyl (C=O) groups excluding carboxylic acids is 2. The van der Waals surface area contributed by atoms with Crippen LogP contribution in [0.5, 0.6) is 0 Å². The molecule has 0 aliphatic rings. The van der Waals surface area contributed by atoms with Crippen molar-refractivity contribution in [3.8, 4) is 0 Å². The number of esters is 1. The van der Waals surface area contributed by atoms with Crippen LogP contribution in [0.4, 0.5) is 9.39 Å². The van der Waals surface area contributed by atoms with E-state index in [9.17, 15) is 14.0 Å². The van der Waals surface area contributed by atoms with Crippen LogP contribution in [0.25, 0.3) is 0 Å². The molecule has 2 aromatic rings. The first-order valence-electron chi connectivity index (χ1n) is 7.99. The summed E-state index contributed by atoms with van der Waals surface area (Å²) in [7, 11) is 0. The summed E-state index contributed by atoms with van der Waals surface area (Å²) in [4.78, 5) is 24.4. The van der Waals surface area contributed by atoms with Crippen LogP contribution in [0.3, 0.4) is 0 Å². The van der Waals surface area contributed by atoms with E-state index in [-0.39, 0.29) is 23.2 Å². The zero-order valence-electron chi connectivity index (χ0n) is 14.6. The van der Waals surface area contributed by atoms with Crippen molar-refractivity contribution in [1.82, 2.24) is 5.32 Å². The Hall–Kier alpha value is -2.32. The molecule has 5 nitrogen and oxygen atoms in total. The third kappa shape index (κ3) is 4.86.